The van der Waals surface area contributed by atoms with Crippen LogP contribution < -0.4 is 5.32 Å². The summed E-state index contributed by atoms with van der Waals surface area (Å²) in [5, 5.41) is 3.13. The minimum atomic E-state index is -0.244. The summed E-state index contributed by atoms with van der Waals surface area (Å²) in [6, 6.07) is 11.6. The molecule has 0 aliphatic heterocycles. The molecule has 0 bridgehead atoms. The molecule has 0 aliphatic carbocycles. The van der Waals surface area contributed by atoms with Gasteiger partial charge in [0.2, 0.25) is 0 Å². The van der Waals surface area contributed by atoms with Crippen LogP contribution in [0.1, 0.15) is 18.1 Å². The van der Waals surface area contributed by atoms with Crippen molar-refractivity contribution in [2.75, 3.05) is 5.32 Å². The van der Waals surface area contributed by atoms with Crippen LogP contribution in [0.4, 0.5) is 14.5 Å². The van der Waals surface area contributed by atoms with E-state index < -0.39 is 0 Å². The van der Waals surface area contributed by atoms with Gasteiger partial charge in [0.25, 0.3) is 0 Å². The molecule has 0 fully saturated rings. The first-order chi connectivity index (χ1) is 9.04. The van der Waals surface area contributed by atoms with Crippen molar-refractivity contribution in [1.29, 1.82) is 0 Å². The molecule has 1 unspecified atom stereocenters. The molecule has 2 rings (SSSR count). The van der Waals surface area contributed by atoms with Crippen molar-refractivity contribution >= 4 is 5.69 Å². The predicted octanol–water partition coefficient (Wildman–Crippen LogP) is 4.32. The molecule has 2 aromatic carbocycles. The second kappa shape index (κ2) is 5.83. The van der Waals surface area contributed by atoms with Gasteiger partial charge >= 0.3 is 0 Å². The molecule has 0 saturated carbocycles. The topological polar surface area (TPSA) is 12.0 Å². The number of rotatable bonds is 4. The number of aryl methyl sites for hydroxylation is 1. The fourth-order valence-corrected chi connectivity index (χ4v) is 2.03. The Hall–Kier alpha value is -1.90. The van der Waals surface area contributed by atoms with Crippen LogP contribution in [0.25, 0.3) is 0 Å². The number of hydrogen-bond donors (Lipinski definition) is 1. The summed E-state index contributed by atoms with van der Waals surface area (Å²) in [5.74, 6) is -0.486. The van der Waals surface area contributed by atoms with Crippen LogP contribution in [0.5, 0.6) is 0 Å². The zero-order valence-electron chi connectivity index (χ0n) is 11.1. The Bertz CT molecular complexity index is 549. The molecule has 3 heteroatoms. The van der Waals surface area contributed by atoms with Crippen molar-refractivity contribution in [3.63, 3.8) is 0 Å². The van der Waals surface area contributed by atoms with Gasteiger partial charge in [-0.15, -0.1) is 0 Å². The fraction of sp³-hybridized carbons (Fsp3) is 0.250. The molecule has 2 aromatic rings. The molecule has 0 radical (unpaired) electrons. The standard InChI is InChI=1S/C16H17F2N/c1-11-3-8-16(15(18)9-11)19-12(2)10-13-4-6-14(17)7-5-13/h3-9,12,19H,10H2,1-2H3. The number of halogens is 2. The first-order valence-electron chi connectivity index (χ1n) is 6.32. The van der Waals surface area contributed by atoms with E-state index in [0.29, 0.717) is 12.1 Å². The Morgan fingerprint density at radius 3 is 2.37 bits per heavy atom. The summed E-state index contributed by atoms with van der Waals surface area (Å²) in [4.78, 5) is 0. The number of hydrogen-bond acceptors (Lipinski definition) is 1. The highest BCUT2D eigenvalue weighted by Crippen LogP contribution is 2.17. The van der Waals surface area contributed by atoms with Crippen molar-refractivity contribution in [1.82, 2.24) is 0 Å². The molecule has 1 N–H and O–H groups in total. The maximum absolute atomic E-state index is 13.7. The maximum Gasteiger partial charge on any atom is 0.146 e. The lowest BCUT2D eigenvalue weighted by Crippen LogP contribution is -2.18. The first-order valence-corrected chi connectivity index (χ1v) is 6.32. The molecule has 0 aromatic heterocycles. The molecular weight excluding hydrogens is 244 g/mol. The van der Waals surface area contributed by atoms with E-state index in [9.17, 15) is 8.78 Å². The zero-order valence-corrected chi connectivity index (χ0v) is 11.1. The largest absolute Gasteiger partial charge is 0.380 e. The monoisotopic (exact) mass is 261 g/mol. The van der Waals surface area contributed by atoms with Gasteiger partial charge in [-0.1, -0.05) is 18.2 Å². The lowest BCUT2D eigenvalue weighted by molar-refractivity contribution is 0.623. The Morgan fingerprint density at radius 2 is 1.74 bits per heavy atom. The third-order valence-electron chi connectivity index (χ3n) is 2.98. The van der Waals surface area contributed by atoms with Gasteiger partial charge in [0.1, 0.15) is 11.6 Å². The van der Waals surface area contributed by atoms with Gasteiger partial charge in [-0.05, 0) is 55.7 Å². The Labute approximate surface area is 112 Å². The summed E-state index contributed by atoms with van der Waals surface area (Å²) in [6.07, 6.45) is 0.716. The van der Waals surface area contributed by atoms with Crippen LogP contribution >= 0.6 is 0 Å². The molecule has 1 atom stereocenters. The highest BCUT2D eigenvalue weighted by molar-refractivity contribution is 5.47. The third-order valence-corrected chi connectivity index (χ3v) is 2.98. The first kappa shape index (κ1) is 13.5. The second-order valence-electron chi connectivity index (χ2n) is 4.86. The van der Waals surface area contributed by atoms with Crippen LogP contribution in [0, 0.1) is 18.6 Å². The van der Waals surface area contributed by atoms with Crippen LogP contribution in [0.15, 0.2) is 42.5 Å². The molecule has 100 valence electrons. The molecule has 0 heterocycles. The summed E-state index contributed by atoms with van der Waals surface area (Å²) < 4.78 is 26.5. The van der Waals surface area contributed by atoms with E-state index in [2.05, 4.69) is 5.32 Å². The number of nitrogens with one attached hydrogen (secondary N) is 1. The van der Waals surface area contributed by atoms with Crippen molar-refractivity contribution < 1.29 is 8.78 Å². The van der Waals surface area contributed by atoms with Crippen molar-refractivity contribution in [3.05, 3.63) is 65.2 Å². The number of anilines is 1. The second-order valence-corrected chi connectivity index (χ2v) is 4.86. The van der Waals surface area contributed by atoms with Gasteiger partial charge in [0, 0.05) is 6.04 Å². The van der Waals surface area contributed by atoms with Crippen molar-refractivity contribution in [2.24, 2.45) is 0 Å². The Balaban J connectivity index is 2.01. The van der Waals surface area contributed by atoms with Gasteiger partial charge in [-0.3, -0.25) is 0 Å². The van der Waals surface area contributed by atoms with Crippen molar-refractivity contribution in [3.8, 4) is 0 Å². The van der Waals surface area contributed by atoms with Gasteiger partial charge in [0.15, 0.2) is 0 Å². The van der Waals surface area contributed by atoms with Crippen LogP contribution in [-0.4, -0.2) is 6.04 Å². The lowest BCUT2D eigenvalue weighted by Gasteiger charge is -2.16. The van der Waals surface area contributed by atoms with Gasteiger partial charge in [0.05, 0.1) is 5.69 Å². The SMILES string of the molecule is Cc1ccc(NC(C)Cc2ccc(F)cc2)c(F)c1. The summed E-state index contributed by atoms with van der Waals surface area (Å²) in [6.45, 7) is 3.83. The average Bonchev–Trinajstić information content (AvgIpc) is 2.36. The Kier molecular flexibility index (Phi) is 4.15. The molecule has 0 aliphatic rings. The van der Waals surface area contributed by atoms with Gasteiger partial charge in [-0.25, -0.2) is 8.78 Å². The Morgan fingerprint density at radius 1 is 1.05 bits per heavy atom. The third kappa shape index (κ3) is 3.78. The van der Waals surface area contributed by atoms with Gasteiger partial charge in [-0.2, -0.15) is 0 Å². The van der Waals surface area contributed by atoms with E-state index in [1.54, 1.807) is 18.2 Å². The van der Waals surface area contributed by atoms with Crippen molar-refractivity contribution in [2.45, 2.75) is 26.3 Å². The predicted molar refractivity (Wildman–Crippen MR) is 74.3 cm³/mol. The van der Waals surface area contributed by atoms with Crippen LogP contribution in [-0.2, 0) is 6.42 Å². The summed E-state index contributed by atoms with van der Waals surface area (Å²) in [7, 11) is 0. The van der Waals surface area contributed by atoms with E-state index in [0.717, 1.165) is 11.1 Å². The highest BCUT2D eigenvalue weighted by Gasteiger charge is 2.07. The smallest absolute Gasteiger partial charge is 0.146 e. The van der Waals surface area contributed by atoms with E-state index >= 15 is 0 Å². The van der Waals surface area contributed by atoms with Crippen LogP contribution in [0.3, 0.4) is 0 Å². The quantitative estimate of drug-likeness (QED) is 0.864. The number of benzene rings is 2. The molecule has 0 amide bonds. The van der Waals surface area contributed by atoms with Crippen LogP contribution in [0.2, 0.25) is 0 Å². The van der Waals surface area contributed by atoms with E-state index in [4.69, 9.17) is 0 Å². The zero-order chi connectivity index (χ0) is 13.8. The summed E-state index contributed by atoms with van der Waals surface area (Å²) in [5.41, 5.74) is 2.42. The fourth-order valence-electron chi connectivity index (χ4n) is 2.03. The molecule has 19 heavy (non-hydrogen) atoms. The van der Waals surface area contributed by atoms with E-state index in [-0.39, 0.29) is 17.7 Å². The highest BCUT2D eigenvalue weighted by atomic mass is 19.1. The molecule has 0 saturated heterocycles. The maximum atomic E-state index is 13.7. The van der Waals surface area contributed by atoms with E-state index in [1.807, 2.05) is 19.9 Å². The lowest BCUT2D eigenvalue weighted by atomic mass is 10.1. The minimum absolute atomic E-state index is 0.0719. The molecular formula is C16H17F2N. The minimum Gasteiger partial charge on any atom is -0.380 e. The normalized spacial score (nSPS) is 12.2. The summed E-state index contributed by atoms with van der Waals surface area (Å²) >= 11 is 0. The molecule has 1 nitrogen and oxygen atoms in total. The average molecular weight is 261 g/mol. The van der Waals surface area contributed by atoms with E-state index in [1.165, 1.54) is 18.2 Å². The molecule has 0 spiro atoms. The van der Waals surface area contributed by atoms with Gasteiger partial charge < -0.3 is 5.32 Å².